The number of carbonyl (C=O) groups excluding carboxylic acids is 1. The number of rotatable bonds is 6. The number of nitrogens with zero attached hydrogens (tertiary/aromatic N) is 4. The van der Waals surface area contributed by atoms with Crippen LogP contribution in [0.25, 0.3) is 15.3 Å². The molecule has 0 bridgehead atoms. The fourth-order valence-corrected chi connectivity index (χ4v) is 6.66. The van der Waals surface area contributed by atoms with Gasteiger partial charge in [-0.2, -0.15) is 14.1 Å². The fraction of sp³-hybridized carbons (Fsp3) is 0.261. The van der Waals surface area contributed by atoms with Gasteiger partial charge in [0.25, 0.3) is 0 Å². The first kappa shape index (κ1) is 22.5. The molecule has 1 fully saturated rings. The third kappa shape index (κ3) is 4.06. The number of amides is 1. The van der Waals surface area contributed by atoms with Gasteiger partial charge in [-0.25, -0.2) is 13.4 Å². The maximum absolute atomic E-state index is 13.3. The van der Waals surface area contributed by atoms with Crippen LogP contribution in [0, 0.1) is 6.92 Å². The summed E-state index contributed by atoms with van der Waals surface area (Å²) in [4.78, 5) is 18.0. The van der Waals surface area contributed by atoms with Gasteiger partial charge in [-0.1, -0.05) is 23.5 Å². The van der Waals surface area contributed by atoms with Crippen LogP contribution in [0.1, 0.15) is 18.5 Å². The van der Waals surface area contributed by atoms with Crippen molar-refractivity contribution in [3.8, 4) is 10.9 Å². The minimum absolute atomic E-state index is 0.128. The van der Waals surface area contributed by atoms with Crippen molar-refractivity contribution >= 4 is 43.3 Å². The summed E-state index contributed by atoms with van der Waals surface area (Å²) in [5.41, 5.74) is 1.56. The third-order valence-corrected chi connectivity index (χ3v) is 8.65. The van der Waals surface area contributed by atoms with E-state index in [1.165, 1.54) is 34.9 Å². The summed E-state index contributed by atoms with van der Waals surface area (Å²) in [6.45, 7) is 2.11. The van der Waals surface area contributed by atoms with E-state index in [0.717, 1.165) is 10.2 Å². The number of carbonyl (C=O) groups is 1. The van der Waals surface area contributed by atoms with Crippen LogP contribution in [0.2, 0.25) is 0 Å². The average molecular weight is 498 g/mol. The van der Waals surface area contributed by atoms with Crippen LogP contribution in [-0.4, -0.2) is 53.1 Å². The lowest BCUT2D eigenvalue weighted by Crippen LogP contribution is -2.43. The number of sulfonamides is 1. The normalized spacial score (nSPS) is 16.7. The van der Waals surface area contributed by atoms with Gasteiger partial charge in [-0.05, 0) is 56.2 Å². The molecule has 1 atom stereocenters. The number of hydrogen-bond acceptors (Lipinski definition) is 7. The number of para-hydroxylation sites is 1. The highest BCUT2D eigenvalue weighted by molar-refractivity contribution is 7.89. The van der Waals surface area contributed by atoms with Crippen LogP contribution < -0.4 is 10.1 Å². The highest BCUT2D eigenvalue weighted by Crippen LogP contribution is 2.30. The lowest BCUT2D eigenvalue weighted by Gasteiger charge is -2.23. The number of benzene rings is 2. The second-order valence-corrected chi connectivity index (χ2v) is 10.9. The van der Waals surface area contributed by atoms with Gasteiger partial charge >= 0.3 is 0 Å². The van der Waals surface area contributed by atoms with E-state index < -0.39 is 22.0 Å². The van der Waals surface area contributed by atoms with Gasteiger partial charge in [-0.15, -0.1) is 0 Å². The quantitative estimate of drug-likeness (QED) is 0.436. The van der Waals surface area contributed by atoms with Crippen molar-refractivity contribution in [2.45, 2.75) is 30.7 Å². The molecule has 2 aromatic carbocycles. The third-order valence-electron chi connectivity index (χ3n) is 5.72. The molecule has 0 radical (unpaired) electrons. The number of anilines is 1. The summed E-state index contributed by atoms with van der Waals surface area (Å²) >= 11 is 1.46. The monoisotopic (exact) mass is 497 g/mol. The number of aryl methyl sites for hydroxylation is 1. The minimum atomic E-state index is -3.84. The van der Waals surface area contributed by atoms with Gasteiger partial charge in [0.1, 0.15) is 17.6 Å². The summed E-state index contributed by atoms with van der Waals surface area (Å²) in [6, 6.07) is 14.9. The summed E-state index contributed by atoms with van der Waals surface area (Å²) in [5.74, 6) is 0.625. The molecule has 34 heavy (non-hydrogen) atoms. The molecule has 0 spiro atoms. The van der Waals surface area contributed by atoms with E-state index in [9.17, 15) is 13.2 Å². The Morgan fingerprint density at radius 1 is 1.18 bits per heavy atom. The number of aromatic nitrogens is 3. The number of thiazole rings is 1. The maximum atomic E-state index is 13.3. The zero-order chi connectivity index (χ0) is 23.9. The molecule has 2 aromatic heterocycles. The van der Waals surface area contributed by atoms with E-state index in [1.807, 2.05) is 31.2 Å². The first-order valence-electron chi connectivity index (χ1n) is 10.8. The Balaban J connectivity index is 1.41. The molecule has 4 aromatic rings. The standard InChI is InChI=1S/C23H23N5O4S2/c1-15-14-21(28(26-15)23-24-18-6-3-4-8-20(18)33-23)25-22(29)19-7-5-13-27(19)34(30,31)17-11-9-16(32-2)10-12-17/h3-4,6,8-12,14,19H,5,7,13H2,1-2H3,(H,25,29). The molecule has 1 aliphatic rings. The van der Waals surface area contributed by atoms with E-state index in [-0.39, 0.29) is 11.4 Å². The number of hydrogen-bond donors (Lipinski definition) is 1. The van der Waals surface area contributed by atoms with E-state index in [2.05, 4.69) is 15.4 Å². The average Bonchev–Trinajstić information content (AvgIpc) is 3.57. The molecule has 0 aliphatic carbocycles. The Labute approximate surface area is 201 Å². The Morgan fingerprint density at radius 3 is 2.68 bits per heavy atom. The maximum Gasteiger partial charge on any atom is 0.243 e. The van der Waals surface area contributed by atoms with Crippen LogP contribution in [0.3, 0.4) is 0 Å². The van der Waals surface area contributed by atoms with Crippen molar-refractivity contribution in [3.05, 3.63) is 60.3 Å². The molecule has 5 rings (SSSR count). The Bertz CT molecular complexity index is 1430. The molecule has 1 N–H and O–H groups in total. The van der Waals surface area contributed by atoms with Crippen LogP contribution >= 0.6 is 11.3 Å². The largest absolute Gasteiger partial charge is 0.497 e. The zero-order valence-electron chi connectivity index (χ0n) is 18.6. The molecule has 176 valence electrons. The van der Waals surface area contributed by atoms with Crippen molar-refractivity contribution in [2.24, 2.45) is 0 Å². The smallest absolute Gasteiger partial charge is 0.243 e. The molecule has 1 unspecified atom stereocenters. The summed E-state index contributed by atoms with van der Waals surface area (Å²) < 4.78 is 35.5. The predicted molar refractivity (Wildman–Crippen MR) is 130 cm³/mol. The van der Waals surface area contributed by atoms with Crippen molar-refractivity contribution in [2.75, 3.05) is 19.0 Å². The first-order chi connectivity index (χ1) is 16.4. The molecule has 1 amide bonds. The topological polar surface area (TPSA) is 106 Å². The van der Waals surface area contributed by atoms with Gasteiger partial charge in [0.05, 0.1) is 27.9 Å². The van der Waals surface area contributed by atoms with E-state index >= 15 is 0 Å². The Kier molecular flexibility index (Phi) is 5.84. The van der Waals surface area contributed by atoms with Gasteiger partial charge in [0.2, 0.25) is 21.1 Å². The Hall–Kier alpha value is -3.28. The van der Waals surface area contributed by atoms with Gasteiger partial charge in [0.15, 0.2) is 0 Å². The van der Waals surface area contributed by atoms with Crippen LogP contribution in [0.15, 0.2) is 59.5 Å². The second-order valence-electron chi connectivity index (χ2n) is 7.99. The van der Waals surface area contributed by atoms with Crippen molar-refractivity contribution < 1.29 is 17.9 Å². The van der Waals surface area contributed by atoms with Crippen molar-refractivity contribution in [1.29, 1.82) is 0 Å². The van der Waals surface area contributed by atoms with Gasteiger partial charge in [0, 0.05) is 12.6 Å². The van der Waals surface area contributed by atoms with Gasteiger partial charge in [-0.3, -0.25) is 4.79 Å². The Morgan fingerprint density at radius 2 is 1.94 bits per heavy atom. The molecule has 0 saturated carbocycles. The second kappa shape index (κ2) is 8.82. The predicted octanol–water partition coefficient (Wildman–Crippen LogP) is 3.59. The van der Waals surface area contributed by atoms with E-state index in [0.29, 0.717) is 35.2 Å². The SMILES string of the molecule is COc1ccc(S(=O)(=O)N2CCCC2C(=O)Nc2cc(C)nn2-c2nc3ccccc3s2)cc1. The number of methoxy groups -OCH3 is 1. The van der Waals surface area contributed by atoms with Crippen molar-refractivity contribution in [3.63, 3.8) is 0 Å². The summed E-state index contributed by atoms with van der Waals surface area (Å²) in [6.07, 6.45) is 1.04. The molecule has 1 aliphatic heterocycles. The molecule has 9 nitrogen and oxygen atoms in total. The number of ether oxygens (including phenoxy) is 1. The molecule has 3 heterocycles. The van der Waals surface area contributed by atoms with Crippen LogP contribution in [-0.2, 0) is 14.8 Å². The van der Waals surface area contributed by atoms with Crippen LogP contribution in [0.5, 0.6) is 5.75 Å². The molecule has 1 saturated heterocycles. The zero-order valence-corrected chi connectivity index (χ0v) is 20.3. The number of nitrogens with one attached hydrogen (secondary N) is 1. The molecular formula is C23H23N5O4S2. The first-order valence-corrected chi connectivity index (χ1v) is 13.0. The number of fused-ring (bicyclic) bond motifs is 1. The lowest BCUT2D eigenvalue weighted by atomic mass is 10.2. The lowest BCUT2D eigenvalue weighted by molar-refractivity contribution is -0.119. The summed E-state index contributed by atoms with van der Waals surface area (Å²) in [7, 11) is -2.32. The fourth-order valence-electron chi connectivity index (χ4n) is 4.07. The minimum Gasteiger partial charge on any atom is -0.497 e. The molecular weight excluding hydrogens is 474 g/mol. The molecule has 11 heteroatoms. The summed E-state index contributed by atoms with van der Waals surface area (Å²) in [5, 5.41) is 8.01. The highest BCUT2D eigenvalue weighted by atomic mass is 32.2. The highest BCUT2D eigenvalue weighted by Gasteiger charge is 2.39. The van der Waals surface area contributed by atoms with E-state index in [4.69, 9.17) is 4.74 Å². The van der Waals surface area contributed by atoms with Gasteiger partial charge < -0.3 is 10.1 Å². The van der Waals surface area contributed by atoms with Crippen molar-refractivity contribution in [1.82, 2.24) is 19.1 Å². The van der Waals surface area contributed by atoms with E-state index in [1.54, 1.807) is 22.9 Å². The van der Waals surface area contributed by atoms with Crippen LogP contribution in [0.4, 0.5) is 5.82 Å².